The number of amides is 1. The van der Waals surface area contributed by atoms with Crippen molar-refractivity contribution in [1.29, 1.82) is 0 Å². The molecule has 3 rings (SSSR count). The molecule has 1 aliphatic rings. The van der Waals surface area contributed by atoms with Gasteiger partial charge in [0.05, 0.1) is 11.5 Å². The maximum atomic E-state index is 12.2. The maximum Gasteiger partial charge on any atom is 0.251 e. The Morgan fingerprint density at radius 3 is 2.62 bits per heavy atom. The number of hydrogen-bond acceptors (Lipinski definition) is 4. The van der Waals surface area contributed by atoms with E-state index < -0.39 is 0 Å². The van der Waals surface area contributed by atoms with Gasteiger partial charge >= 0.3 is 0 Å². The molecule has 29 heavy (non-hydrogen) atoms. The summed E-state index contributed by atoms with van der Waals surface area (Å²) < 4.78 is 0. The molecule has 7 heteroatoms. The van der Waals surface area contributed by atoms with Crippen molar-refractivity contribution in [3.05, 3.63) is 52.9 Å². The smallest absolute Gasteiger partial charge is 0.251 e. The molecule has 0 unspecified atom stereocenters. The topological polar surface area (TPSA) is 60.0 Å². The van der Waals surface area contributed by atoms with Crippen LogP contribution in [0.5, 0.6) is 0 Å². The summed E-state index contributed by atoms with van der Waals surface area (Å²) in [4.78, 5) is 21.8. The number of carbonyl (C=O) groups excluding carboxylic acids is 1. The average molecular weight is 414 g/mol. The first-order valence-electron chi connectivity index (χ1n) is 10.4. The predicted octanol–water partition coefficient (Wildman–Crippen LogP) is 3.18. The van der Waals surface area contributed by atoms with Crippen molar-refractivity contribution in [2.45, 2.75) is 26.8 Å². The highest BCUT2D eigenvalue weighted by molar-refractivity contribution is 7.14. The molecule has 0 spiro atoms. The SMILES string of the molecule is CCCNC(=O)c1cccc(CN=C(NCC)N2CCN(c3cccs3)CC2)c1. The first kappa shape index (κ1) is 21.2. The summed E-state index contributed by atoms with van der Waals surface area (Å²) in [7, 11) is 0. The lowest BCUT2D eigenvalue weighted by Gasteiger charge is -2.37. The van der Waals surface area contributed by atoms with Crippen LogP contribution < -0.4 is 15.5 Å². The second-order valence-electron chi connectivity index (χ2n) is 7.05. The molecule has 2 N–H and O–H groups in total. The summed E-state index contributed by atoms with van der Waals surface area (Å²) in [6.07, 6.45) is 0.932. The third-order valence-electron chi connectivity index (χ3n) is 4.87. The largest absolute Gasteiger partial charge is 0.360 e. The average Bonchev–Trinajstić information content (AvgIpc) is 3.30. The molecule has 0 bridgehead atoms. The van der Waals surface area contributed by atoms with Gasteiger partial charge in [-0.2, -0.15) is 0 Å². The molecule has 156 valence electrons. The van der Waals surface area contributed by atoms with E-state index in [4.69, 9.17) is 4.99 Å². The summed E-state index contributed by atoms with van der Waals surface area (Å²) in [5.41, 5.74) is 1.74. The van der Waals surface area contributed by atoms with Gasteiger partial charge < -0.3 is 20.4 Å². The van der Waals surface area contributed by atoms with Crippen LogP contribution >= 0.6 is 11.3 Å². The molecule has 2 aromatic rings. The van der Waals surface area contributed by atoms with Crippen LogP contribution in [0.1, 0.15) is 36.2 Å². The number of hydrogen-bond donors (Lipinski definition) is 2. The standard InChI is InChI=1S/C22H31N5OS/c1-3-10-24-21(28)19-8-5-7-18(16-19)17-25-22(23-4-2)27-13-11-26(12-14-27)20-9-6-15-29-20/h5-9,15-16H,3-4,10-14,17H2,1-2H3,(H,23,25)(H,24,28). The fourth-order valence-electron chi connectivity index (χ4n) is 3.33. The zero-order valence-electron chi connectivity index (χ0n) is 17.4. The Kier molecular flexibility index (Phi) is 7.93. The summed E-state index contributed by atoms with van der Waals surface area (Å²) in [5, 5.41) is 9.81. The van der Waals surface area contributed by atoms with Crippen molar-refractivity contribution in [3.63, 3.8) is 0 Å². The molecule has 0 atom stereocenters. The first-order valence-corrected chi connectivity index (χ1v) is 11.3. The van der Waals surface area contributed by atoms with Crippen LogP contribution in [0.3, 0.4) is 0 Å². The first-order chi connectivity index (χ1) is 14.2. The molecule has 1 amide bonds. The van der Waals surface area contributed by atoms with Gasteiger partial charge in [-0.25, -0.2) is 4.99 Å². The molecule has 2 heterocycles. The Bertz CT molecular complexity index is 797. The predicted molar refractivity (Wildman–Crippen MR) is 122 cm³/mol. The van der Waals surface area contributed by atoms with Gasteiger partial charge in [-0.05, 0) is 48.6 Å². The molecular formula is C22H31N5OS. The molecule has 0 saturated carbocycles. The van der Waals surface area contributed by atoms with E-state index in [1.807, 2.05) is 31.2 Å². The Hall–Kier alpha value is -2.54. The zero-order chi connectivity index (χ0) is 20.5. The Morgan fingerprint density at radius 1 is 1.10 bits per heavy atom. The maximum absolute atomic E-state index is 12.2. The van der Waals surface area contributed by atoms with E-state index in [2.05, 4.69) is 44.9 Å². The van der Waals surface area contributed by atoms with Crippen LogP contribution in [0.2, 0.25) is 0 Å². The van der Waals surface area contributed by atoms with Crippen LogP contribution in [0.25, 0.3) is 0 Å². The summed E-state index contributed by atoms with van der Waals surface area (Å²) >= 11 is 1.79. The lowest BCUT2D eigenvalue weighted by atomic mass is 10.1. The molecular weight excluding hydrogens is 382 g/mol. The molecule has 6 nitrogen and oxygen atoms in total. The molecule has 0 aliphatic carbocycles. The minimum Gasteiger partial charge on any atom is -0.360 e. The van der Waals surface area contributed by atoms with E-state index in [1.54, 1.807) is 11.3 Å². The minimum absolute atomic E-state index is 0.0192. The van der Waals surface area contributed by atoms with Crippen molar-refractivity contribution in [2.24, 2.45) is 4.99 Å². The van der Waals surface area contributed by atoms with Gasteiger partial charge in [-0.3, -0.25) is 4.79 Å². The number of guanidine groups is 1. The molecule has 1 fully saturated rings. The Labute approximate surface area is 177 Å². The highest BCUT2D eigenvalue weighted by Crippen LogP contribution is 2.22. The Morgan fingerprint density at radius 2 is 1.93 bits per heavy atom. The highest BCUT2D eigenvalue weighted by Gasteiger charge is 2.20. The number of benzene rings is 1. The number of anilines is 1. The van der Waals surface area contributed by atoms with Crippen LogP contribution in [0.15, 0.2) is 46.8 Å². The van der Waals surface area contributed by atoms with E-state index in [9.17, 15) is 4.79 Å². The number of nitrogens with zero attached hydrogens (tertiary/aromatic N) is 3. The van der Waals surface area contributed by atoms with Crippen LogP contribution in [0, 0.1) is 0 Å². The van der Waals surface area contributed by atoms with Gasteiger partial charge in [0.1, 0.15) is 0 Å². The van der Waals surface area contributed by atoms with Crippen molar-refractivity contribution < 1.29 is 4.79 Å². The summed E-state index contributed by atoms with van der Waals surface area (Å²) in [5.74, 6) is 0.924. The number of rotatable bonds is 7. The molecule has 1 aliphatic heterocycles. The van der Waals surface area contributed by atoms with Crippen LogP contribution in [0.4, 0.5) is 5.00 Å². The molecule has 1 saturated heterocycles. The fraction of sp³-hybridized carbons (Fsp3) is 0.455. The number of thiophene rings is 1. The van der Waals surface area contributed by atoms with E-state index in [0.717, 1.165) is 50.7 Å². The van der Waals surface area contributed by atoms with Crippen molar-refractivity contribution in [3.8, 4) is 0 Å². The molecule has 1 aromatic carbocycles. The van der Waals surface area contributed by atoms with Crippen molar-refractivity contribution >= 4 is 28.2 Å². The van der Waals surface area contributed by atoms with Gasteiger partial charge in [0.15, 0.2) is 5.96 Å². The normalized spacial score (nSPS) is 14.8. The van der Waals surface area contributed by atoms with Gasteiger partial charge in [0.2, 0.25) is 0 Å². The quantitative estimate of drug-likeness (QED) is 0.541. The highest BCUT2D eigenvalue weighted by atomic mass is 32.1. The minimum atomic E-state index is -0.0192. The Balaban J connectivity index is 1.61. The second kappa shape index (κ2) is 10.9. The second-order valence-corrected chi connectivity index (χ2v) is 7.98. The van der Waals surface area contributed by atoms with Gasteiger partial charge in [0.25, 0.3) is 5.91 Å². The number of nitrogens with one attached hydrogen (secondary N) is 2. The van der Waals surface area contributed by atoms with E-state index in [0.29, 0.717) is 18.7 Å². The van der Waals surface area contributed by atoms with E-state index in [-0.39, 0.29) is 5.91 Å². The van der Waals surface area contributed by atoms with Crippen molar-refractivity contribution in [2.75, 3.05) is 44.2 Å². The number of piperazine rings is 1. The van der Waals surface area contributed by atoms with Crippen LogP contribution in [-0.2, 0) is 6.54 Å². The lowest BCUT2D eigenvalue weighted by Crippen LogP contribution is -2.52. The summed E-state index contributed by atoms with van der Waals surface area (Å²) in [6.45, 7) is 10.1. The van der Waals surface area contributed by atoms with Gasteiger partial charge in [-0.15, -0.1) is 11.3 Å². The number of aliphatic imine (C=N–C) groups is 1. The monoisotopic (exact) mass is 413 g/mol. The number of carbonyl (C=O) groups is 1. The molecule has 1 aromatic heterocycles. The van der Waals surface area contributed by atoms with E-state index >= 15 is 0 Å². The lowest BCUT2D eigenvalue weighted by molar-refractivity contribution is 0.0953. The molecule has 0 radical (unpaired) electrons. The summed E-state index contributed by atoms with van der Waals surface area (Å²) in [6, 6.07) is 12.0. The van der Waals surface area contributed by atoms with Gasteiger partial charge in [0, 0.05) is 44.8 Å². The van der Waals surface area contributed by atoms with Crippen LogP contribution in [-0.4, -0.2) is 56.0 Å². The third-order valence-corrected chi connectivity index (χ3v) is 5.80. The van der Waals surface area contributed by atoms with Gasteiger partial charge in [-0.1, -0.05) is 19.1 Å². The van der Waals surface area contributed by atoms with Crippen molar-refractivity contribution in [1.82, 2.24) is 15.5 Å². The van der Waals surface area contributed by atoms with E-state index in [1.165, 1.54) is 5.00 Å². The third kappa shape index (κ3) is 5.97. The zero-order valence-corrected chi connectivity index (χ0v) is 18.2. The fourth-order valence-corrected chi connectivity index (χ4v) is 4.12.